The molecule has 0 spiro atoms. The smallest absolute Gasteiger partial charge is 0.0724 e. The molecule has 0 aromatic rings. The van der Waals surface area contributed by atoms with E-state index in [0.29, 0.717) is 5.54 Å². The van der Waals surface area contributed by atoms with Crippen molar-refractivity contribution in [3.63, 3.8) is 0 Å². The molecule has 2 rings (SSSR count). The largest absolute Gasteiger partial charge is 0.296 e. The Labute approximate surface area is 127 Å². The lowest BCUT2D eigenvalue weighted by Gasteiger charge is -2.53. The summed E-state index contributed by atoms with van der Waals surface area (Å²) in [6.07, 6.45) is 1.28. The molecule has 3 nitrogen and oxygen atoms in total. The molecule has 0 aromatic heterocycles. The highest BCUT2D eigenvalue weighted by molar-refractivity contribution is 8.69. The van der Waals surface area contributed by atoms with Gasteiger partial charge in [0.2, 0.25) is 0 Å². The van der Waals surface area contributed by atoms with E-state index in [-0.39, 0.29) is 4.87 Å². The molecule has 1 atom stereocenters. The SMILES string of the molecule is CC(C)(C)N1CCN2CN(C(C)(C)SS)CCC2C1. The second-order valence-corrected chi connectivity index (χ2v) is 9.04. The first-order valence-corrected chi connectivity index (χ1v) is 9.17. The summed E-state index contributed by atoms with van der Waals surface area (Å²) in [6.45, 7) is 17.5. The molecule has 2 fully saturated rings. The number of hydrogen-bond donors (Lipinski definition) is 1. The molecule has 0 aliphatic carbocycles. The van der Waals surface area contributed by atoms with E-state index in [4.69, 9.17) is 0 Å². The van der Waals surface area contributed by atoms with Gasteiger partial charge in [0.05, 0.1) is 11.5 Å². The van der Waals surface area contributed by atoms with Crippen molar-refractivity contribution in [2.45, 2.75) is 57.5 Å². The summed E-state index contributed by atoms with van der Waals surface area (Å²) in [7, 11) is 1.66. The summed E-state index contributed by atoms with van der Waals surface area (Å²) < 4.78 is 0. The van der Waals surface area contributed by atoms with E-state index < -0.39 is 0 Å². The maximum Gasteiger partial charge on any atom is 0.0724 e. The van der Waals surface area contributed by atoms with Crippen molar-refractivity contribution in [3.05, 3.63) is 0 Å². The van der Waals surface area contributed by atoms with Crippen molar-refractivity contribution in [1.82, 2.24) is 14.7 Å². The minimum atomic E-state index is 0.134. The first-order chi connectivity index (χ1) is 8.74. The highest BCUT2D eigenvalue weighted by Gasteiger charge is 2.38. The van der Waals surface area contributed by atoms with E-state index in [1.165, 1.54) is 32.6 Å². The number of rotatable bonds is 2. The fourth-order valence-corrected chi connectivity index (χ4v) is 3.67. The van der Waals surface area contributed by atoms with Gasteiger partial charge in [0.15, 0.2) is 0 Å². The molecule has 0 radical (unpaired) electrons. The number of piperazine rings is 1. The third kappa shape index (κ3) is 3.62. The first-order valence-electron chi connectivity index (χ1n) is 7.31. The molecule has 2 saturated heterocycles. The Hall–Kier alpha value is 0.580. The quantitative estimate of drug-likeness (QED) is 0.620. The van der Waals surface area contributed by atoms with Crippen LogP contribution < -0.4 is 0 Å². The Bertz CT molecular complexity index is 314. The molecule has 5 heteroatoms. The van der Waals surface area contributed by atoms with E-state index in [9.17, 15) is 0 Å². The Morgan fingerprint density at radius 1 is 1.00 bits per heavy atom. The van der Waals surface area contributed by atoms with Gasteiger partial charge in [-0.1, -0.05) is 10.8 Å². The van der Waals surface area contributed by atoms with Gasteiger partial charge in [-0.05, 0) is 41.0 Å². The Balaban J connectivity index is 1.96. The minimum absolute atomic E-state index is 0.134. The van der Waals surface area contributed by atoms with E-state index in [1.54, 1.807) is 10.8 Å². The molecular formula is C14H29N3S2. The standard InChI is InChI=1S/C14H29N3S2/c1-13(2,3)16-9-8-15-11-17(14(4,5)19-18)7-6-12(15)10-16/h12,18H,6-11H2,1-5H3. The lowest BCUT2D eigenvalue weighted by molar-refractivity contribution is -0.0498. The summed E-state index contributed by atoms with van der Waals surface area (Å²) in [5.74, 6) is 0. The highest BCUT2D eigenvalue weighted by Crippen LogP contribution is 2.34. The van der Waals surface area contributed by atoms with E-state index >= 15 is 0 Å². The van der Waals surface area contributed by atoms with E-state index in [0.717, 1.165) is 12.7 Å². The summed E-state index contributed by atoms with van der Waals surface area (Å²) in [4.78, 5) is 8.00. The zero-order valence-electron chi connectivity index (χ0n) is 13.0. The summed E-state index contributed by atoms with van der Waals surface area (Å²) in [6, 6.07) is 0.741. The van der Waals surface area contributed by atoms with Crippen LogP contribution in [0.5, 0.6) is 0 Å². The maximum absolute atomic E-state index is 4.43. The van der Waals surface area contributed by atoms with Crippen LogP contribution in [0, 0.1) is 0 Å². The van der Waals surface area contributed by atoms with Gasteiger partial charge in [0, 0.05) is 37.8 Å². The lowest BCUT2D eigenvalue weighted by atomic mass is 9.99. The van der Waals surface area contributed by atoms with Crippen LogP contribution in [0.4, 0.5) is 0 Å². The minimum Gasteiger partial charge on any atom is -0.296 e. The Morgan fingerprint density at radius 3 is 2.26 bits per heavy atom. The Morgan fingerprint density at radius 2 is 1.68 bits per heavy atom. The van der Waals surface area contributed by atoms with Crippen LogP contribution in [0.3, 0.4) is 0 Å². The van der Waals surface area contributed by atoms with Crippen LogP contribution in [-0.4, -0.2) is 64.0 Å². The second-order valence-electron chi connectivity index (χ2n) is 7.31. The molecule has 112 valence electrons. The molecule has 0 amide bonds. The fourth-order valence-electron chi connectivity index (χ4n) is 3.05. The maximum atomic E-state index is 4.43. The van der Waals surface area contributed by atoms with Crippen molar-refractivity contribution in [3.8, 4) is 0 Å². The molecule has 0 N–H and O–H groups in total. The molecule has 0 bridgehead atoms. The predicted molar refractivity (Wildman–Crippen MR) is 88.7 cm³/mol. The highest BCUT2D eigenvalue weighted by atomic mass is 33.1. The van der Waals surface area contributed by atoms with Crippen molar-refractivity contribution in [1.29, 1.82) is 0 Å². The van der Waals surface area contributed by atoms with Crippen molar-refractivity contribution in [2.24, 2.45) is 0 Å². The third-order valence-electron chi connectivity index (χ3n) is 4.62. The second kappa shape index (κ2) is 5.76. The number of thiol groups is 1. The number of nitrogens with zero attached hydrogens (tertiary/aromatic N) is 3. The van der Waals surface area contributed by atoms with Gasteiger partial charge in [-0.15, -0.1) is 11.7 Å². The van der Waals surface area contributed by atoms with Crippen molar-refractivity contribution >= 4 is 22.5 Å². The van der Waals surface area contributed by atoms with Gasteiger partial charge >= 0.3 is 0 Å². The molecule has 0 saturated carbocycles. The van der Waals surface area contributed by atoms with Crippen LogP contribution in [0.2, 0.25) is 0 Å². The molecule has 2 aliphatic heterocycles. The molecule has 0 aromatic carbocycles. The van der Waals surface area contributed by atoms with Crippen LogP contribution in [0.1, 0.15) is 41.0 Å². The zero-order chi connectivity index (χ0) is 14.3. The zero-order valence-corrected chi connectivity index (χ0v) is 14.7. The van der Waals surface area contributed by atoms with Gasteiger partial charge in [0.25, 0.3) is 0 Å². The van der Waals surface area contributed by atoms with Crippen LogP contribution >= 0.6 is 22.5 Å². The number of hydrogen-bond acceptors (Lipinski definition) is 5. The summed E-state index contributed by atoms with van der Waals surface area (Å²) in [5, 5.41) is 0. The molecule has 19 heavy (non-hydrogen) atoms. The topological polar surface area (TPSA) is 9.72 Å². The van der Waals surface area contributed by atoms with Crippen LogP contribution in [0.15, 0.2) is 0 Å². The lowest BCUT2D eigenvalue weighted by Crippen LogP contribution is -2.64. The normalized spacial score (nSPS) is 28.4. The fraction of sp³-hybridized carbons (Fsp3) is 1.00. The van der Waals surface area contributed by atoms with Crippen LogP contribution in [0.25, 0.3) is 0 Å². The average molecular weight is 304 g/mol. The molecular weight excluding hydrogens is 274 g/mol. The van der Waals surface area contributed by atoms with Crippen molar-refractivity contribution < 1.29 is 0 Å². The first kappa shape index (κ1) is 16.0. The number of fused-ring (bicyclic) bond motifs is 1. The summed E-state index contributed by atoms with van der Waals surface area (Å²) >= 11 is 4.43. The Kier molecular flexibility index (Phi) is 4.84. The predicted octanol–water partition coefficient (Wildman–Crippen LogP) is 2.75. The van der Waals surface area contributed by atoms with E-state index in [2.05, 4.69) is 61.0 Å². The van der Waals surface area contributed by atoms with E-state index in [1.807, 2.05) is 0 Å². The van der Waals surface area contributed by atoms with Gasteiger partial charge in [-0.25, -0.2) is 0 Å². The monoisotopic (exact) mass is 303 g/mol. The molecule has 1 unspecified atom stereocenters. The molecule has 2 heterocycles. The van der Waals surface area contributed by atoms with Gasteiger partial charge in [-0.3, -0.25) is 14.7 Å². The van der Waals surface area contributed by atoms with Crippen LogP contribution in [-0.2, 0) is 0 Å². The third-order valence-corrected chi connectivity index (χ3v) is 6.67. The van der Waals surface area contributed by atoms with Gasteiger partial charge in [-0.2, -0.15) is 0 Å². The van der Waals surface area contributed by atoms with Gasteiger partial charge < -0.3 is 0 Å². The molecule has 2 aliphatic rings. The van der Waals surface area contributed by atoms with Gasteiger partial charge in [0.1, 0.15) is 0 Å². The summed E-state index contributed by atoms with van der Waals surface area (Å²) in [5.41, 5.74) is 0.309. The van der Waals surface area contributed by atoms with Crippen molar-refractivity contribution in [2.75, 3.05) is 32.8 Å². The average Bonchev–Trinajstić information content (AvgIpc) is 2.36.